The van der Waals surface area contributed by atoms with Crippen LogP contribution in [-0.2, 0) is 0 Å². The maximum atomic E-state index is 12.6. The van der Waals surface area contributed by atoms with Crippen LogP contribution in [0.15, 0.2) is 40.5 Å². The number of para-hydroxylation sites is 1. The number of fused-ring (bicyclic) bond motifs is 1. The Morgan fingerprint density at radius 2 is 2.08 bits per heavy atom. The smallest absolute Gasteiger partial charge is 0.256 e. The molecule has 1 aliphatic rings. The van der Waals surface area contributed by atoms with E-state index in [0.29, 0.717) is 34.1 Å². The Labute approximate surface area is 144 Å². The third-order valence-corrected chi connectivity index (χ3v) is 4.10. The minimum Gasteiger partial charge on any atom is -0.493 e. The quantitative estimate of drug-likeness (QED) is 0.884. The molecule has 3 N–H and O–H groups in total. The molecule has 0 saturated carbocycles. The molecule has 0 radical (unpaired) electrons. The number of pyridine rings is 1. The molecule has 2 heterocycles. The van der Waals surface area contributed by atoms with Crippen LogP contribution in [0.3, 0.4) is 0 Å². The number of aromatic amines is 1. The molecule has 0 bridgehead atoms. The monoisotopic (exact) mass is 339 g/mol. The maximum absolute atomic E-state index is 12.6. The van der Waals surface area contributed by atoms with Gasteiger partial charge < -0.3 is 24.9 Å². The van der Waals surface area contributed by atoms with Crippen LogP contribution in [-0.4, -0.2) is 19.2 Å². The van der Waals surface area contributed by atoms with Gasteiger partial charge in [0, 0.05) is 17.3 Å². The number of hydrogen-bond donors (Lipinski definition) is 2. The van der Waals surface area contributed by atoms with E-state index in [0.717, 1.165) is 0 Å². The summed E-state index contributed by atoms with van der Waals surface area (Å²) >= 11 is 0. The zero-order chi connectivity index (χ0) is 18.1. The van der Waals surface area contributed by atoms with Gasteiger partial charge in [-0.15, -0.1) is 0 Å². The van der Waals surface area contributed by atoms with Crippen LogP contribution in [0.2, 0.25) is 0 Å². The molecule has 1 atom stereocenters. The fraction of sp³-hybridized carbons (Fsp3) is 0.222. The number of nitrogens with zero attached hydrogens (tertiary/aromatic N) is 1. The SMILES string of the molecule is COc1cccc([C@@H]2C(C#N)=C(N)Oc3cc(C)[nH]c(=O)c32)c1OC. The Hall–Kier alpha value is -3.40. The minimum absolute atomic E-state index is 0.0325. The van der Waals surface area contributed by atoms with E-state index in [-0.39, 0.29) is 17.0 Å². The van der Waals surface area contributed by atoms with Crippen molar-refractivity contribution in [1.29, 1.82) is 5.26 Å². The molecule has 1 aromatic heterocycles. The van der Waals surface area contributed by atoms with Gasteiger partial charge in [0.1, 0.15) is 17.4 Å². The van der Waals surface area contributed by atoms with E-state index < -0.39 is 5.92 Å². The van der Waals surface area contributed by atoms with E-state index in [2.05, 4.69) is 11.1 Å². The molecule has 2 aromatic rings. The summed E-state index contributed by atoms with van der Waals surface area (Å²) in [5.74, 6) is 0.501. The highest BCUT2D eigenvalue weighted by molar-refractivity contribution is 5.60. The molecule has 0 fully saturated rings. The van der Waals surface area contributed by atoms with Crippen molar-refractivity contribution in [2.45, 2.75) is 12.8 Å². The summed E-state index contributed by atoms with van der Waals surface area (Å²) in [5.41, 5.74) is 7.29. The molecule has 0 aliphatic carbocycles. The van der Waals surface area contributed by atoms with Crippen LogP contribution in [0.1, 0.15) is 22.7 Å². The van der Waals surface area contributed by atoms with Gasteiger partial charge in [-0.25, -0.2) is 0 Å². The topological polar surface area (TPSA) is 110 Å². The normalized spacial score (nSPS) is 15.8. The highest BCUT2D eigenvalue weighted by Crippen LogP contribution is 2.45. The lowest BCUT2D eigenvalue weighted by molar-refractivity contribution is 0.349. The first-order valence-electron chi connectivity index (χ1n) is 7.54. The van der Waals surface area contributed by atoms with Gasteiger partial charge in [-0.3, -0.25) is 4.79 Å². The Morgan fingerprint density at radius 1 is 1.32 bits per heavy atom. The van der Waals surface area contributed by atoms with Crippen LogP contribution in [0.4, 0.5) is 0 Å². The lowest BCUT2D eigenvalue weighted by Gasteiger charge is -2.27. The minimum atomic E-state index is -0.719. The van der Waals surface area contributed by atoms with Crippen molar-refractivity contribution in [3.8, 4) is 23.3 Å². The molecule has 0 amide bonds. The predicted molar refractivity (Wildman–Crippen MR) is 90.6 cm³/mol. The Bertz CT molecular complexity index is 969. The summed E-state index contributed by atoms with van der Waals surface area (Å²) < 4.78 is 16.3. The molecule has 3 rings (SSSR count). The van der Waals surface area contributed by atoms with Crippen molar-refractivity contribution in [3.05, 3.63) is 62.9 Å². The van der Waals surface area contributed by atoms with Gasteiger partial charge in [0.15, 0.2) is 11.5 Å². The van der Waals surface area contributed by atoms with Gasteiger partial charge >= 0.3 is 0 Å². The standard InChI is InChI=1S/C18H17N3O4/c1-9-7-13-15(18(22)21-9)14(11(8-19)17(20)25-13)10-5-4-6-12(23-2)16(10)24-3/h4-7,14H,20H2,1-3H3,(H,21,22)/t14-/m1/s1. The van der Waals surface area contributed by atoms with Crippen molar-refractivity contribution in [3.63, 3.8) is 0 Å². The highest BCUT2D eigenvalue weighted by Gasteiger charge is 2.35. The third kappa shape index (κ3) is 2.58. The van der Waals surface area contributed by atoms with Crippen LogP contribution in [0.25, 0.3) is 0 Å². The summed E-state index contributed by atoms with van der Waals surface area (Å²) in [4.78, 5) is 15.4. The summed E-state index contributed by atoms with van der Waals surface area (Å²) in [6.07, 6.45) is 0. The lowest BCUT2D eigenvalue weighted by atomic mass is 9.83. The molecular formula is C18H17N3O4. The number of nitrogens with two attached hydrogens (primary N) is 1. The van der Waals surface area contributed by atoms with E-state index >= 15 is 0 Å². The predicted octanol–water partition coefficient (Wildman–Crippen LogP) is 1.92. The van der Waals surface area contributed by atoms with Gasteiger partial charge in [0.25, 0.3) is 5.56 Å². The van der Waals surface area contributed by atoms with Crippen molar-refractivity contribution in [1.82, 2.24) is 4.98 Å². The summed E-state index contributed by atoms with van der Waals surface area (Å²) in [7, 11) is 3.02. The van der Waals surface area contributed by atoms with Crippen LogP contribution in [0.5, 0.6) is 17.2 Å². The van der Waals surface area contributed by atoms with Gasteiger partial charge in [-0.2, -0.15) is 5.26 Å². The molecule has 25 heavy (non-hydrogen) atoms. The average molecular weight is 339 g/mol. The number of aromatic nitrogens is 1. The molecular weight excluding hydrogens is 322 g/mol. The van der Waals surface area contributed by atoms with Gasteiger partial charge in [-0.1, -0.05) is 12.1 Å². The molecule has 0 unspecified atom stereocenters. The lowest BCUT2D eigenvalue weighted by Crippen LogP contribution is -2.28. The molecule has 0 saturated heterocycles. The fourth-order valence-electron chi connectivity index (χ4n) is 3.06. The maximum Gasteiger partial charge on any atom is 0.256 e. The number of rotatable bonds is 3. The average Bonchev–Trinajstić information content (AvgIpc) is 2.59. The van der Waals surface area contributed by atoms with Crippen molar-refractivity contribution < 1.29 is 14.2 Å². The van der Waals surface area contributed by atoms with Crippen LogP contribution in [0, 0.1) is 18.3 Å². The first kappa shape index (κ1) is 16.5. The van der Waals surface area contributed by atoms with E-state index in [1.807, 2.05) is 0 Å². The molecule has 0 spiro atoms. The first-order chi connectivity index (χ1) is 12.0. The van der Waals surface area contributed by atoms with Crippen molar-refractivity contribution in [2.75, 3.05) is 14.2 Å². The van der Waals surface area contributed by atoms with Gasteiger partial charge in [0.05, 0.1) is 25.7 Å². The van der Waals surface area contributed by atoms with E-state index in [9.17, 15) is 10.1 Å². The number of methoxy groups -OCH3 is 2. The number of H-pyrrole nitrogens is 1. The second kappa shape index (κ2) is 6.24. The van der Waals surface area contributed by atoms with Gasteiger partial charge in [-0.05, 0) is 13.0 Å². The number of allylic oxidation sites excluding steroid dienone is 1. The van der Waals surface area contributed by atoms with Crippen molar-refractivity contribution in [2.24, 2.45) is 5.73 Å². The Balaban J connectivity index is 2.36. The molecule has 1 aromatic carbocycles. The van der Waals surface area contributed by atoms with Crippen LogP contribution >= 0.6 is 0 Å². The number of benzene rings is 1. The summed E-state index contributed by atoms with van der Waals surface area (Å²) in [6, 6.07) is 9.00. The second-order valence-corrected chi connectivity index (χ2v) is 5.57. The molecule has 128 valence electrons. The first-order valence-corrected chi connectivity index (χ1v) is 7.54. The van der Waals surface area contributed by atoms with Crippen LogP contribution < -0.4 is 25.5 Å². The van der Waals surface area contributed by atoms with Crippen molar-refractivity contribution >= 4 is 0 Å². The summed E-state index contributed by atoms with van der Waals surface area (Å²) in [6.45, 7) is 1.74. The number of aryl methyl sites for hydroxylation is 1. The van der Waals surface area contributed by atoms with E-state index in [4.69, 9.17) is 19.9 Å². The Kier molecular flexibility index (Phi) is 4.11. The van der Waals surface area contributed by atoms with Gasteiger partial charge in [0.2, 0.25) is 5.88 Å². The summed E-state index contributed by atoms with van der Waals surface area (Å²) in [5, 5.41) is 9.60. The molecule has 7 nitrogen and oxygen atoms in total. The van der Waals surface area contributed by atoms with E-state index in [1.165, 1.54) is 14.2 Å². The Morgan fingerprint density at radius 3 is 2.72 bits per heavy atom. The third-order valence-electron chi connectivity index (χ3n) is 4.10. The second-order valence-electron chi connectivity index (χ2n) is 5.57. The number of hydrogen-bond acceptors (Lipinski definition) is 6. The fourth-order valence-corrected chi connectivity index (χ4v) is 3.06. The van der Waals surface area contributed by atoms with E-state index in [1.54, 1.807) is 31.2 Å². The number of nitrogens with one attached hydrogen (secondary N) is 1. The number of ether oxygens (including phenoxy) is 3. The molecule has 7 heteroatoms. The zero-order valence-corrected chi connectivity index (χ0v) is 14.0. The molecule has 1 aliphatic heterocycles. The zero-order valence-electron chi connectivity index (χ0n) is 14.0. The highest BCUT2D eigenvalue weighted by atomic mass is 16.5. The number of nitriles is 1. The largest absolute Gasteiger partial charge is 0.493 e.